The number of fused-ring (bicyclic) bond motifs is 1. The van der Waals surface area contributed by atoms with E-state index in [1.807, 2.05) is 42.5 Å². The topological polar surface area (TPSA) is 42.0 Å². The second-order valence-electron chi connectivity index (χ2n) is 8.91. The van der Waals surface area contributed by atoms with Crippen molar-refractivity contribution in [1.29, 1.82) is 0 Å². The Balaban J connectivity index is 0.00000361. The van der Waals surface area contributed by atoms with E-state index in [2.05, 4.69) is 34.8 Å². The van der Waals surface area contributed by atoms with Crippen LogP contribution in [0.1, 0.15) is 31.7 Å². The number of ether oxygens (including phenoxy) is 2. The first-order valence-corrected chi connectivity index (χ1v) is 12.6. The third-order valence-electron chi connectivity index (χ3n) is 6.92. The van der Waals surface area contributed by atoms with Crippen LogP contribution in [-0.2, 0) is 4.79 Å². The Morgan fingerprint density at radius 2 is 1.72 bits per heavy atom. The highest BCUT2D eigenvalue weighted by Gasteiger charge is 2.28. The van der Waals surface area contributed by atoms with Crippen LogP contribution in [0.5, 0.6) is 11.5 Å². The van der Waals surface area contributed by atoms with Crippen LogP contribution in [0.25, 0.3) is 16.3 Å². The van der Waals surface area contributed by atoms with Gasteiger partial charge in [0.2, 0.25) is 0 Å². The number of hydrogen-bond donors (Lipinski definition) is 0. The number of nitrogens with zero attached hydrogens (tertiary/aromatic N) is 2. The van der Waals surface area contributed by atoms with E-state index in [4.69, 9.17) is 21.1 Å². The third-order valence-corrected chi connectivity index (χ3v) is 7.31. The van der Waals surface area contributed by atoms with Crippen molar-refractivity contribution in [1.82, 2.24) is 4.90 Å². The lowest BCUT2D eigenvalue weighted by atomic mass is 9.92. The third kappa shape index (κ3) is 5.99. The summed E-state index contributed by atoms with van der Waals surface area (Å²) in [5, 5.41) is 2.49. The number of benzene rings is 3. The zero-order valence-electron chi connectivity index (χ0n) is 21.1. The Bertz CT molecular complexity index is 1200. The molecule has 3 aromatic rings. The lowest BCUT2D eigenvalue weighted by Crippen LogP contribution is -2.50. The van der Waals surface area contributed by atoms with Gasteiger partial charge in [0.15, 0.2) is 0 Å². The number of piperazine rings is 1. The average Bonchev–Trinajstić information content (AvgIpc) is 2.91. The van der Waals surface area contributed by atoms with Crippen molar-refractivity contribution in [3.8, 4) is 11.5 Å². The minimum Gasteiger partial charge on any atom is -0.497 e. The Morgan fingerprint density at radius 1 is 1.00 bits per heavy atom. The first kappa shape index (κ1) is 27.9. The zero-order valence-corrected chi connectivity index (χ0v) is 22.7. The summed E-state index contributed by atoms with van der Waals surface area (Å²) in [6.45, 7) is 5.79. The van der Waals surface area contributed by atoms with Crippen LogP contribution in [0.4, 0.5) is 5.69 Å². The number of unbranched alkanes of at least 4 members (excludes halogenated alkanes) is 1. The predicted octanol–water partition coefficient (Wildman–Crippen LogP) is 6.53. The molecular weight excluding hydrogens is 495 g/mol. The summed E-state index contributed by atoms with van der Waals surface area (Å²) in [5.74, 6) is 3.83. The molecule has 7 heteroatoms. The van der Waals surface area contributed by atoms with Gasteiger partial charge < -0.3 is 14.4 Å². The van der Waals surface area contributed by atoms with Gasteiger partial charge in [0.1, 0.15) is 17.4 Å². The van der Waals surface area contributed by atoms with Crippen molar-refractivity contribution in [2.75, 3.05) is 45.3 Å². The van der Waals surface area contributed by atoms with Gasteiger partial charge in [-0.15, -0.1) is 12.4 Å². The van der Waals surface area contributed by atoms with Crippen molar-refractivity contribution in [2.24, 2.45) is 0 Å². The fourth-order valence-electron chi connectivity index (χ4n) is 4.91. The minimum atomic E-state index is 0. The van der Waals surface area contributed by atoms with E-state index in [-0.39, 0.29) is 18.4 Å². The van der Waals surface area contributed by atoms with Crippen LogP contribution in [0.15, 0.2) is 54.6 Å². The molecule has 5 nitrogen and oxygen atoms in total. The molecule has 1 heterocycles. The van der Waals surface area contributed by atoms with Gasteiger partial charge in [-0.25, -0.2) is 4.79 Å². The highest BCUT2D eigenvalue weighted by Crippen LogP contribution is 2.35. The number of halogens is 2. The minimum absolute atomic E-state index is 0. The summed E-state index contributed by atoms with van der Waals surface area (Å²) in [7, 11) is 3.30. The van der Waals surface area contributed by atoms with Crippen molar-refractivity contribution >= 4 is 52.0 Å². The van der Waals surface area contributed by atoms with Crippen molar-refractivity contribution in [3.05, 3.63) is 65.2 Å². The molecule has 0 spiro atoms. The molecule has 4 rings (SSSR count). The average molecular weight is 530 g/mol. The van der Waals surface area contributed by atoms with E-state index in [9.17, 15) is 4.79 Å². The molecule has 36 heavy (non-hydrogen) atoms. The van der Waals surface area contributed by atoms with Gasteiger partial charge in [0, 0.05) is 43.3 Å². The molecule has 1 aliphatic rings. The van der Waals surface area contributed by atoms with Crippen LogP contribution >= 0.6 is 24.0 Å². The van der Waals surface area contributed by atoms with E-state index in [0.29, 0.717) is 10.8 Å². The van der Waals surface area contributed by atoms with E-state index in [1.165, 1.54) is 5.69 Å². The van der Waals surface area contributed by atoms with Gasteiger partial charge in [0.05, 0.1) is 24.8 Å². The summed E-state index contributed by atoms with van der Waals surface area (Å²) in [5.41, 5.74) is 2.83. The van der Waals surface area contributed by atoms with Crippen LogP contribution in [0, 0.1) is 0 Å². The number of rotatable bonds is 9. The zero-order chi connectivity index (χ0) is 24.8. The number of anilines is 1. The monoisotopic (exact) mass is 528 g/mol. The highest BCUT2D eigenvalue weighted by molar-refractivity contribution is 6.37. The summed E-state index contributed by atoms with van der Waals surface area (Å²) in [6.07, 6.45) is 3.08. The Kier molecular flexibility index (Phi) is 10.1. The normalized spacial score (nSPS) is 14.6. The van der Waals surface area contributed by atoms with Crippen LogP contribution in [0.3, 0.4) is 0 Å². The number of carbonyl (C=O) groups excluding carboxylic acids is 1. The maximum absolute atomic E-state index is 12.3. The van der Waals surface area contributed by atoms with E-state index >= 15 is 0 Å². The predicted molar refractivity (Wildman–Crippen MR) is 152 cm³/mol. The molecule has 0 radical (unpaired) electrons. The maximum atomic E-state index is 12.3. The van der Waals surface area contributed by atoms with Gasteiger partial charge in [-0.05, 0) is 53.8 Å². The molecule has 0 aromatic heterocycles. The molecule has 1 saturated heterocycles. The van der Waals surface area contributed by atoms with Crippen molar-refractivity contribution in [2.45, 2.75) is 32.2 Å². The molecule has 1 fully saturated rings. The van der Waals surface area contributed by atoms with Gasteiger partial charge in [-0.1, -0.05) is 49.6 Å². The summed E-state index contributed by atoms with van der Waals surface area (Å²) >= 11 is 6.51. The number of hydrogen-bond acceptors (Lipinski definition) is 5. The molecule has 192 valence electrons. The molecule has 0 saturated carbocycles. The SMILES string of the molecule is CCCCC(C(=C=O)c1ccc2c(Cl)c(OC)ccc2c1)N1CCN(c2ccc(OC)cc2)CC1.Cl. The fraction of sp³-hybridized carbons (Fsp3) is 0.379. The molecule has 1 unspecified atom stereocenters. The van der Waals surface area contributed by atoms with Crippen molar-refractivity contribution < 1.29 is 14.3 Å². The number of methoxy groups -OCH3 is 2. The standard InChI is InChI=1S/C29H33ClN2O3.ClH/c1-4-5-6-27(32-17-15-31(16-18-32)23-9-11-24(34-2)12-10-23)26(20-33)22-7-13-25-21(19-22)8-14-28(35-3)29(25)30;/h7-14,19,27H,4-6,15-18H2,1-3H3;1H. The molecule has 0 N–H and O–H groups in total. The molecule has 0 aliphatic carbocycles. The molecule has 3 aromatic carbocycles. The fourth-order valence-corrected chi connectivity index (χ4v) is 5.22. The lowest BCUT2D eigenvalue weighted by Gasteiger charge is -2.40. The first-order chi connectivity index (χ1) is 17.1. The quantitative estimate of drug-likeness (QED) is 0.295. The molecule has 1 atom stereocenters. The lowest BCUT2D eigenvalue weighted by molar-refractivity contribution is 0.212. The largest absolute Gasteiger partial charge is 0.497 e. The first-order valence-electron chi connectivity index (χ1n) is 12.2. The van der Waals surface area contributed by atoms with E-state index < -0.39 is 0 Å². The van der Waals surface area contributed by atoms with Gasteiger partial charge in [-0.2, -0.15) is 0 Å². The highest BCUT2D eigenvalue weighted by atomic mass is 35.5. The molecular formula is C29H34Cl2N2O3. The summed E-state index contributed by atoms with van der Waals surface area (Å²) in [4.78, 5) is 17.2. The molecule has 1 aliphatic heterocycles. The van der Waals surface area contributed by atoms with Gasteiger partial charge in [-0.3, -0.25) is 4.90 Å². The summed E-state index contributed by atoms with van der Waals surface area (Å²) < 4.78 is 10.6. The smallest absolute Gasteiger partial charge is 0.138 e. The van der Waals surface area contributed by atoms with Crippen LogP contribution < -0.4 is 14.4 Å². The van der Waals surface area contributed by atoms with Gasteiger partial charge >= 0.3 is 0 Å². The van der Waals surface area contributed by atoms with E-state index in [0.717, 1.165) is 73.1 Å². The van der Waals surface area contributed by atoms with Gasteiger partial charge in [0.25, 0.3) is 0 Å². The Morgan fingerprint density at radius 3 is 2.33 bits per heavy atom. The van der Waals surface area contributed by atoms with E-state index in [1.54, 1.807) is 14.2 Å². The maximum Gasteiger partial charge on any atom is 0.138 e. The summed E-state index contributed by atoms with van der Waals surface area (Å²) in [6, 6.07) is 18.1. The molecule has 0 bridgehead atoms. The Hall–Kier alpha value is -2.69. The van der Waals surface area contributed by atoms with Crippen LogP contribution in [-0.4, -0.2) is 57.3 Å². The second-order valence-corrected chi connectivity index (χ2v) is 9.29. The van der Waals surface area contributed by atoms with Crippen molar-refractivity contribution in [3.63, 3.8) is 0 Å². The second kappa shape index (κ2) is 13.0. The Labute approximate surface area is 225 Å². The molecule has 0 amide bonds. The van der Waals surface area contributed by atoms with Crippen LogP contribution in [0.2, 0.25) is 5.02 Å².